The molecular weight excluding hydrogens is 422 g/mol. The highest BCUT2D eigenvalue weighted by atomic mass is 15.1. The molecule has 0 saturated carbocycles. The molecule has 0 radical (unpaired) electrons. The number of nitrogens with zero attached hydrogens (tertiary/aromatic N) is 1. The van der Waals surface area contributed by atoms with E-state index >= 15 is 0 Å². The van der Waals surface area contributed by atoms with Crippen molar-refractivity contribution in [2.45, 2.75) is 0 Å². The Hall–Kier alpha value is -4.62. The normalized spacial score (nSPS) is 11.0. The van der Waals surface area contributed by atoms with Crippen LogP contribution in [0.5, 0.6) is 0 Å². The molecule has 0 unspecified atom stereocenters. The van der Waals surface area contributed by atoms with Crippen LogP contribution in [0.25, 0.3) is 38.7 Å². The fraction of sp³-hybridized carbons (Fsp3) is 0. The van der Waals surface area contributed by atoms with E-state index in [9.17, 15) is 0 Å². The lowest BCUT2D eigenvalue weighted by Gasteiger charge is -2.27. The van der Waals surface area contributed by atoms with Crippen LogP contribution in [-0.4, -0.2) is 0 Å². The van der Waals surface area contributed by atoms with Crippen LogP contribution in [0.4, 0.5) is 17.1 Å². The van der Waals surface area contributed by atoms with E-state index in [1.165, 1.54) is 32.7 Å². The summed E-state index contributed by atoms with van der Waals surface area (Å²) in [6.45, 7) is 3.91. The van der Waals surface area contributed by atoms with Crippen LogP contribution in [0.3, 0.4) is 0 Å². The van der Waals surface area contributed by atoms with Crippen molar-refractivity contribution in [3.63, 3.8) is 0 Å². The molecule has 6 rings (SSSR count). The topological polar surface area (TPSA) is 3.24 Å². The van der Waals surface area contributed by atoms with Crippen molar-refractivity contribution in [1.82, 2.24) is 0 Å². The minimum absolute atomic E-state index is 1.13. The molecular formula is C34H25N. The lowest BCUT2D eigenvalue weighted by molar-refractivity contribution is 1.29. The van der Waals surface area contributed by atoms with E-state index in [1.807, 2.05) is 6.08 Å². The van der Waals surface area contributed by atoms with Gasteiger partial charge in [-0.2, -0.15) is 0 Å². The average molecular weight is 448 g/mol. The lowest BCUT2D eigenvalue weighted by Crippen LogP contribution is -2.10. The number of anilines is 3. The van der Waals surface area contributed by atoms with Crippen LogP contribution < -0.4 is 4.90 Å². The van der Waals surface area contributed by atoms with Gasteiger partial charge in [-0.1, -0.05) is 104 Å². The summed E-state index contributed by atoms with van der Waals surface area (Å²) in [5.41, 5.74) is 6.93. The van der Waals surface area contributed by atoms with Crippen LogP contribution in [0, 0.1) is 0 Å². The Morgan fingerprint density at radius 1 is 0.429 bits per heavy atom. The molecule has 0 fully saturated rings. The van der Waals surface area contributed by atoms with Crippen molar-refractivity contribution >= 4 is 44.7 Å². The van der Waals surface area contributed by atoms with Crippen molar-refractivity contribution in [3.05, 3.63) is 146 Å². The Bertz CT molecular complexity index is 1660. The van der Waals surface area contributed by atoms with Gasteiger partial charge in [-0.15, -0.1) is 0 Å². The summed E-state index contributed by atoms with van der Waals surface area (Å²) in [6, 6.07) is 47.7. The molecule has 0 heterocycles. The molecule has 166 valence electrons. The molecule has 0 aliphatic carbocycles. The molecule has 0 aliphatic heterocycles. The first-order valence-electron chi connectivity index (χ1n) is 11.9. The van der Waals surface area contributed by atoms with Gasteiger partial charge in [0, 0.05) is 17.1 Å². The summed E-state index contributed by atoms with van der Waals surface area (Å²) >= 11 is 0. The first-order chi connectivity index (χ1) is 17.3. The molecule has 0 atom stereocenters. The van der Waals surface area contributed by atoms with Crippen molar-refractivity contribution in [3.8, 4) is 11.1 Å². The van der Waals surface area contributed by atoms with Gasteiger partial charge in [0.05, 0.1) is 0 Å². The Balaban J connectivity index is 1.54. The van der Waals surface area contributed by atoms with E-state index in [0.29, 0.717) is 0 Å². The van der Waals surface area contributed by atoms with E-state index in [2.05, 4.69) is 145 Å². The number of rotatable bonds is 5. The summed E-state index contributed by atoms with van der Waals surface area (Å²) in [6.07, 6.45) is 1.89. The van der Waals surface area contributed by atoms with Crippen LogP contribution in [-0.2, 0) is 0 Å². The zero-order valence-electron chi connectivity index (χ0n) is 19.4. The zero-order chi connectivity index (χ0) is 23.6. The van der Waals surface area contributed by atoms with Crippen molar-refractivity contribution in [1.29, 1.82) is 0 Å². The maximum atomic E-state index is 3.91. The second kappa shape index (κ2) is 8.96. The third-order valence-corrected chi connectivity index (χ3v) is 6.54. The summed E-state index contributed by atoms with van der Waals surface area (Å²) in [7, 11) is 0. The Morgan fingerprint density at radius 2 is 1.00 bits per heavy atom. The van der Waals surface area contributed by atoms with Crippen LogP contribution in [0.15, 0.2) is 140 Å². The maximum absolute atomic E-state index is 3.91. The molecule has 0 aliphatic rings. The van der Waals surface area contributed by atoms with Gasteiger partial charge < -0.3 is 4.90 Å². The summed E-state index contributed by atoms with van der Waals surface area (Å²) in [5, 5.41) is 4.89. The largest absolute Gasteiger partial charge is 0.310 e. The smallest absolute Gasteiger partial charge is 0.0468 e. The van der Waals surface area contributed by atoms with Crippen LogP contribution in [0.2, 0.25) is 0 Å². The monoisotopic (exact) mass is 447 g/mol. The summed E-state index contributed by atoms with van der Waals surface area (Å²) < 4.78 is 0. The molecule has 0 bridgehead atoms. The third-order valence-electron chi connectivity index (χ3n) is 6.54. The highest BCUT2D eigenvalue weighted by Crippen LogP contribution is 2.39. The third kappa shape index (κ3) is 4.09. The zero-order valence-corrected chi connectivity index (χ0v) is 19.4. The predicted molar refractivity (Wildman–Crippen MR) is 152 cm³/mol. The number of hydrogen-bond acceptors (Lipinski definition) is 1. The Morgan fingerprint density at radius 3 is 1.77 bits per heavy atom. The molecule has 0 N–H and O–H groups in total. The van der Waals surface area contributed by atoms with E-state index < -0.39 is 0 Å². The maximum Gasteiger partial charge on any atom is 0.0468 e. The van der Waals surface area contributed by atoms with Gasteiger partial charge in [-0.25, -0.2) is 0 Å². The highest BCUT2D eigenvalue weighted by molar-refractivity contribution is 5.93. The SMILES string of the molecule is C=Cc1ccc2cc(N(c3cccc(-c4ccccc4)c3)c3ccc4ccccc4c3)ccc2c1. The first kappa shape index (κ1) is 20.9. The van der Waals surface area contributed by atoms with Gasteiger partial charge in [0.15, 0.2) is 0 Å². The predicted octanol–water partition coefficient (Wildman–Crippen LogP) is 9.77. The van der Waals surface area contributed by atoms with Crippen molar-refractivity contribution in [2.24, 2.45) is 0 Å². The molecule has 35 heavy (non-hydrogen) atoms. The van der Waals surface area contributed by atoms with E-state index in [0.717, 1.165) is 22.6 Å². The van der Waals surface area contributed by atoms with Crippen LogP contribution >= 0.6 is 0 Å². The standard InChI is InChI=1S/C34H25N/c1-2-25-15-16-31-24-34(20-18-30(31)21-25)35(33-19-17-27-11-6-7-12-28(27)23-33)32-14-8-13-29(22-32)26-9-4-3-5-10-26/h2-24H,1H2. The molecule has 1 heteroatoms. The van der Waals surface area contributed by atoms with E-state index in [-0.39, 0.29) is 0 Å². The highest BCUT2D eigenvalue weighted by Gasteiger charge is 2.14. The molecule has 1 nitrogen and oxygen atoms in total. The summed E-state index contributed by atoms with van der Waals surface area (Å²) in [4.78, 5) is 2.35. The second-order valence-electron chi connectivity index (χ2n) is 8.78. The number of hydrogen-bond donors (Lipinski definition) is 0. The molecule has 0 spiro atoms. The van der Waals surface area contributed by atoms with Gasteiger partial charge >= 0.3 is 0 Å². The molecule has 0 amide bonds. The van der Waals surface area contributed by atoms with Gasteiger partial charge in [0.1, 0.15) is 0 Å². The average Bonchev–Trinajstić information content (AvgIpc) is 2.93. The molecule has 0 saturated heterocycles. The van der Waals surface area contributed by atoms with Gasteiger partial charge in [-0.05, 0) is 80.7 Å². The second-order valence-corrected chi connectivity index (χ2v) is 8.78. The fourth-order valence-electron chi connectivity index (χ4n) is 4.74. The number of benzene rings is 6. The van der Waals surface area contributed by atoms with Gasteiger partial charge in [0.25, 0.3) is 0 Å². The Kier molecular flexibility index (Phi) is 5.37. The fourth-order valence-corrected chi connectivity index (χ4v) is 4.74. The quantitative estimate of drug-likeness (QED) is 0.254. The van der Waals surface area contributed by atoms with Gasteiger partial charge in [-0.3, -0.25) is 0 Å². The van der Waals surface area contributed by atoms with Crippen molar-refractivity contribution in [2.75, 3.05) is 4.90 Å². The summed E-state index contributed by atoms with van der Waals surface area (Å²) in [5.74, 6) is 0. The molecule has 6 aromatic rings. The van der Waals surface area contributed by atoms with E-state index in [1.54, 1.807) is 0 Å². The van der Waals surface area contributed by atoms with Crippen LogP contribution in [0.1, 0.15) is 5.56 Å². The minimum atomic E-state index is 1.13. The lowest BCUT2D eigenvalue weighted by atomic mass is 10.0. The van der Waals surface area contributed by atoms with Gasteiger partial charge in [0.2, 0.25) is 0 Å². The minimum Gasteiger partial charge on any atom is -0.310 e. The number of fused-ring (bicyclic) bond motifs is 2. The molecule has 0 aromatic heterocycles. The van der Waals surface area contributed by atoms with Crippen molar-refractivity contribution < 1.29 is 0 Å². The van der Waals surface area contributed by atoms with E-state index in [4.69, 9.17) is 0 Å². The first-order valence-corrected chi connectivity index (χ1v) is 11.9. The molecule has 6 aromatic carbocycles. The Labute approximate surface area is 206 Å².